The fourth-order valence-corrected chi connectivity index (χ4v) is 5.15. The Morgan fingerprint density at radius 1 is 0.767 bits per heavy atom. The fraction of sp³-hybridized carbons (Fsp3) is 0.189. The average molecular weight is 573 g/mol. The lowest BCUT2D eigenvalue weighted by Crippen LogP contribution is -2.30. The summed E-state index contributed by atoms with van der Waals surface area (Å²) in [4.78, 5) is 23.3. The van der Waals surface area contributed by atoms with Crippen molar-refractivity contribution in [2.45, 2.75) is 33.6 Å². The highest BCUT2D eigenvalue weighted by molar-refractivity contribution is 5.99. The Labute approximate surface area is 252 Å². The lowest BCUT2D eigenvalue weighted by atomic mass is 9.97. The topological polar surface area (TPSA) is 76.7 Å². The Kier molecular flexibility index (Phi) is 9.82. The van der Waals surface area contributed by atoms with E-state index in [1.54, 1.807) is 0 Å². The van der Waals surface area contributed by atoms with Crippen molar-refractivity contribution >= 4 is 23.0 Å². The third kappa shape index (κ3) is 7.48. The van der Waals surface area contributed by atoms with Crippen molar-refractivity contribution in [3.8, 4) is 22.6 Å². The van der Waals surface area contributed by atoms with Gasteiger partial charge in [0.25, 0.3) is 0 Å². The molecule has 5 aromatic rings. The van der Waals surface area contributed by atoms with Crippen LogP contribution in [0.5, 0.6) is 11.5 Å². The third-order valence-corrected chi connectivity index (χ3v) is 7.52. The summed E-state index contributed by atoms with van der Waals surface area (Å²) in [6.45, 7) is 5.98. The van der Waals surface area contributed by atoms with Crippen molar-refractivity contribution < 1.29 is 19.1 Å². The smallest absolute Gasteiger partial charge is 0.216 e. The number of carbonyl (C=O) groups excluding carboxylic acids is 2. The van der Waals surface area contributed by atoms with Crippen LogP contribution in [0.15, 0.2) is 103 Å². The normalized spacial score (nSPS) is 10.8. The van der Waals surface area contributed by atoms with Gasteiger partial charge in [-0.25, -0.2) is 0 Å². The second-order valence-corrected chi connectivity index (χ2v) is 10.4. The van der Waals surface area contributed by atoms with Gasteiger partial charge in [0, 0.05) is 49.3 Å². The van der Waals surface area contributed by atoms with E-state index in [0.717, 1.165) is 33.7 Å². The number of rotatable bonds is 13. The molecule has 0 aliphatic heterocycles. The molecule has 0 radical (unpaired) electrons. The zero-order valence-corrected chi connectivity index (χ0v) is 24.6. The van der Waals surface area contributed by atoms with Crippen molar-refractivity contribution in [2.24, 2.45) is 0 Å². The molecule has 6 heteroatoms. The molecule has 5 aromatic carbocycles. The van der Waals surface area contributed by atoms with Gasteiger partial charge in [0.2, 0.25) is 5.91 Å². The van der Waals surface area contributed by atoms with Crippen LogP contribution in [-0.2, 0) is 24.6 Å². The lowest BCUT2D eigenvalue weighted by molar-refractivity contribution is -0.118. The Morgan fingerprint density at radius 3 is 2.35 bits per heavy atom. The molecule has 1 amide bonds. The second kappa shape index (κ2) is 14.3. The number of amides is 1. The minimum Gasteiger partial charge on any atom is -0.489 e. The molecule has 0 saturated heterocycles. The molecule has 0 aliphatic carbocycles. The Balaban J connectivity index is 1.35. The standard InChI is InChI=1S/C37H36N2O4/c1-26-31(12-8-14-34(26)28-9-4-3-5-10-28)24-42-33-18-17-30(22-38-19-20-39-27(2)41)37(21-33)43-25-32-16-15-29-11-6-7-13-35(29)36(32)23-40/h3-18,21,23,38H,19-20,22,24-25H2,1-2H3,(H,39,41). The first kappa shape index (κ1) is 29.5. The van der Waals surface area contributed by atoms with E-state index in [4.69, 9.17) is 9.47 Å². The number of aldehydes is 1. The molecule has 6 nitrogen and oxygen atoms in total. The van der Waals surface area contributed by atoms with Gasteiger partial charge in [0.1, 0.15) is 24.7 Å². The molecule has 0 heterocycles. The maximum atomic E-state index is 12.1. The largest absolute Gasteiger partial charge is 0.489 e. The van der Waals surface area contributed by atoms with Gasteiger partial charge in [-0.05, 0) is 46.0 Å². The van der Waals surface area contributed by atoms with E-state index in [0.29, 0.717) is 43.3 Å². The number of ether oxygens (including phenoxy) is 2. The molecule has 43 heavy (non-hydrogen) atoms. The van der Waals surface area contributed by atoms with Crippen molar-refractivity contribution in [3.05, 3.63) is 131 Å². The predicted octanol–water partition coefficient (Wildman–Crippen LogP) is 7.01. The van der Waals surface area contributed by atoms with Gasteiger partial charge in [-0.15, -0.1) is 0 Å². The molecule has 2 N–H and O–H groups in total. The summed E-state index contributed by atoms with van der Waals surface area (Å²) in [6.07, 6.45) is 0.900. The van der Waals surface area contributed by atoms with Gasteiger partial charge >= 0.3 is 0 Å². The van der Waals surface area contributed by atoms with Crippen LogP contribution in [0, 0.1) is 6.92 Å². The van der Waals surface area contributed by atoms with E-state index in [1.807, 2.05) is 72.8 Å². The zero-order valence-electron chi connectivity index (χ0n) is 24.6. The van der Waals surface area contributed by atoms with Crippen LogP contribution in [0.2, 0.25) is 0 Å². The molecule has 0 fully saturated rings. The maximum Gasteiger partial charge on any atom is 0.216 e. The number of fused-ring (bicyclic) bond motifs is 1. The van der Waals surface area contributed by atoms with Crippen LogP contribution in [0.25, 0.3) is 21.9 Å². The summed E-state index contributed by atoms with van der Waals surface area (Å²) >= 11 is 0. The van der Waals surface area contributed by atoms with Crippen LogP contribution < -0.4 is 20.1 Å². The lowest BCUT2D eigenvalue weighted by Gasteiger charge is -2.17. The van der Waals surface area contributed by atoms with Gasteiger partial charge < -0.3 is 20.1 Å². The van der Waals surface area contributed by atoms with Gasteiger partial charge in [0.05, 0.1) is 0 Å². The summed E-state index contributed by atoms with van der Waals surface area (Å²) in [5.41, 5.74) is 7.06. The quantitative estimate of drug-likeness (QED) is 0.117. The summed E-state index contributed by atoms with van der Waals surface area (Å²) in [5.74, 6) is 1.30. The number of carbonyl (C=O) groups is 2. The Bertz CT molecular complexity index is 1720. The number of hydrogen-bond donors (Lipinski definition) is 2. The van der Waals surface area contributed by atoms with E-state index in [1.165, 1.54) is 23.6 Å². The Morgan fingerprint density at radius 2 is 1.53 bits per heavy atom. The summed E-state index contributed by atoms with van der Waals surface area (Å²) in [5, 5.41) is 8.07. The highest BCUT2D eigenvalue weighted by Crippen LogP contribution is 2.30. The molecular weight excluding hydrogens is 536 g/mol. The third-order valence-electron chi connectivity index (χ3n) is 7.52. The first-order chi connectivity index (χ1) is 21.0. The van der Waals surface area contributed by atoms with Gasteiger partial charge in [-0.1, -0.05) is 91.0 Å². The van der Waals surface area contributed by atoms with E-state index in [9.17, 15) is 9.59 Å². The molecule has 0 aromatic heterocycles. The van der Waals surface area contributed by atoms with Crippen molar-refractivity contribution in [1.82, 2.24) is 10.6 Å². The molecule has 218 valence electrons. The van der Waals surface area contributed by atoms with Crippen LogP contribution in [0.1, 0.15) is 39.5 Å². The zero-order chi connectivity index (χ0) is 30.0. The van der Waals surface area contributed by atoms with Crippen molar-refractivity contribution in [2.75, 3.05) is 13.1 Å². The molecule has 0 bridgehead atoms. The second-order valence-electron chi connectivity index (χ2n) is 10.4. The van der Waals surface area contributed by atoms with Crippen molar-refractivity contribution in [1.29, 1.82) is 0 Å². The van der Waals surface area contributed by atoms with E-state index < -0.39 is 0 Å². The highest BCUT2D eigenvalue weighted by atomic mass is 16.5. The van der Waals surface area contributed by atoms with Gasteiger partial charge in [-0.2, -0.15) is 0 Å². The minimum absolute atomic E-state index is 0.0572. The number of nitrogens with one attached hydrogen (secondary N) is 2. The number of hydrogen-bond acceptors (Lipinski definition) is 5. The highest BCUT2D eigenvalue weighted by Gasteiger charge is 2.12. The van der Waals surface area contributed by atoms with Crippen LogP contribution >= 0.6 is 0 Å². The molecule has 0 aliphatic rings. The summed E-state index contributed by atoms with van der Waals surface area (Å²) in [6, 6.07) is 34.3. The SMILES string of the molecule is CC(=O)NCCNCc1ccc(OCc2cccc(-c3ccccc3)c2C)cc1OCc1ccc2ccccc2c1C=O. The molecule has 0 atom stereocenters. The molecule has 0 saturated carbocycles. The molecule has 0 spiro atoms. The first-order valence-corrected chi connectivity index (χ1v) is 14.5. The molecular formula is C37H36N2O4. The Hall–Kier alpha value is -4.94. The molecule has 0 unspecified atom stereocenters. The molecule has 5 rings (SSSR count). The minimum atomic E-state index is -0.0572. The van der Waals surface area contributed by atoms with E-state index >= 15 is 0 Å². The predicted molar refractivity (Wildman–Crippen MR) is 171 cm³/mol. The maximum absolute atomic E-state index is 12.1. The number of benzene rings is 5. The summed E-state index contributed by atoms with van der Waals surface area (Å²) in [7, 11) is 0. The van der Waals surface area contributed by atoms with E-state index in [2.05, 4.69) is 47.9 Å². The summed E-state index contributed by atoms with van der Waals surface area (Å²) < 4.78 is 12.6. The van der Waals surface area contributed by atoms with Gasteiger partial charge in [0.15, 0.2) is 6.29 Å². The average Bonchev–Trinajstić information content (AvgIpc) is 3.03. The monoisotopic (exact) mass is 572 g/mol. The van der Waals surface area contributed by atoms with Crippen LogP contribution in [0.3, 0.4) is 0 Å². The van der Waals surface area contributed by atoms with Gasteiger partial charge in [-0.3, -0.25) is 9.59 Å². The first-order valence-electron chi connectivity index (χ1n) is 14.5. The van der Waals surface area contributed by atoms with Crippen LogP contribution in [0.4, 0.5) is 0 Å². The van der Waals surface area contributed by atoms with Crippen LogP contribution in [-0.4, -0.2) is 25.3 Å². The van der Waals surface area contributed by atoms with E-state index in [-0.39, 0.29) is 12.5 Å². The fourth-order valence-electron chi connectivity index (χ4n) is 5.15. The van der Waals surface area contributed by atoms with Crippen molar-refractivity contribution in [3.63, 3.8) is 0 Å².